The van der Waals surface area contributed by atoms with E-state index in [1.165, 1.54) is 43.5 Å². The molecule has 2 heterocycles. The first-order valence-corrected chi connectivity index (χ1v) is 16.2. The minimum atomic E-state index is -0.602. The standard InChI is InChI=1S/C11H11N3O3.C8H6BrNO4.C7H6BrNO3.C4H6N2.C2H6.CH3.Pd/c1-8-5-13(7-12-8)10-2-9(6-15)3-11(4-10)14(16)17;1-14-8(11)5-2-6(9)4-7(3-5)10(12)13;8-6-1-5(4-10)2-7(3-6)9(11)12;1-4-2-5-3-6-4;1-2;;/h2-5,7,15H,6H2,1H3;2-4H,1H3;1-3,10H,4H2;2-3H,1H3,(H,5,6);1-2H3;1H3;/q;;;;;-1;. The molecule has 17 nitrogen and oxygen atoms in total. The maximum absolute atomic E-state index is 11.1. The molecule has 0 unspecified atom stereocenters. The Bertz CT molecular complexity index is 1910. The monoisotopic (exact) mass is 956 g/mol. The predicted molar refractivity (Wildman–Crippen MR) is 201 cm³/mol. The van der Waals surface area contributed by atoms with Gasteiger partial charge in [-0.15, -0.1) is 0 Å². The van der Waals surface area contributed by atoms with E-state index in [0.717, 1.165) is 17.5 Å². The Kier molecular flexibility index (Phi) is 24.8. The van der Waals surface area contributed by atoms with Crippen LogP contribution in [0.15, 0.2) is 88.6 Å². The number of aromatic nitrogens is 4. The first kappa shape index (κ1) is 50.4. The minimum absolute atomic E-state index is 0. The average molecular weight is 959 g/mol. The van der Waals surface area contributed by atoms with Crippen LogP contribution in [-0.2, 0) is 38.4 Å². The van der Waals surface area contributed by atoms with E-state index in [-0.39, 0.29) is 63.7 Å². The molecule has 0 bridgehead atoms. The van der Waals surface area contributed by atoms with Gasteiger partial charge in [0.2, 0.25) is 0 Å². The molecular formula is C33H38Br2N7O10Pd-. The van der Waals surface area contributed by atoms with Crippen LogP contribution in [0.4, 0.5) is 17.1 Å². The van der Waals surface area contributed by atoms with Crippen molar-refractivity contribution in [2.75, 3.05) is 7.11 Å². The van der Waals surface area contributed by atoms with Crippen molar-refractivity contribution >= 4 is 54.9 Å². The largest absolute Gasteiger partial charge is 0.465 e. The summed E-state index contributed by atoms with van der Waals surface area (Å²) in [5.41, 5.74) is 3.50. The maximum Gasteiger partial charge on any atom is 0.338 e. The van der Waals surface area contributed by atoms with Crippen molar-refractivity contribution in [3.63, 3.8) is 0 Å². The molecule has 290 valence electrons. The minimum Gasteiger partial charge on any atom is -0.465 e. The van der Waals surface area contributed by atoms with Crippen LogP contribution in [-0.4, -0.2) is 57.6 Å². The van der Waals surface area contributed by atoms with Gasteiger partial charge >= 0.3 is 5.97 Å². The number of H-pyrrole nitrogens is 1. The number of imidazole rings is 2. The Balaban J connectivity index is 0. The van der Waals surface area contributed by atoms with Crippen molar-refractivity contribution in [3.8, 4) is 5.69 Å². The molecule has 0 aliphatic carbocycles. The van der Waals surface area contributed by atoms with Crippen LogP contribution >= 0.6 is 31.9 Å². The number of nitrogens with one attached hydrogen (secondary N) is 1. The van der Waals surface area contributed by atoms with Gasteiger partial charge in [-0.2, -0.15) is 0 Å². The van der Waals surface area contributed by atoms with Gasteiger partial charge in [-0.1, -0.05) is 45.7 Å². The molecule has 3 N–H and O–H groups in total. The molecule has 0 fully saturated rings. The molecule has 0 saturated heterocycles. The first-order valence-electron chi connectivity index (χ1n) is 14.6. The molecule has 5 aromatic rings. The van der Waals surface area contributed by atoms with E-state index in [9.17, 15) is 35.1 Å². The number of aliphatic hydroxyl groups excluding tert-OH is 2. The van der Waals surface area contributed by atoms with Crippen molar-refractivity contribution in [1.82, 2.24) is 19.5 Å². The van der Waals surface area contributed by atoms with E-state index >= 15 is 0 Å². The number of methoxy groups -OCH3 is 1. The summed E-state index contributed by atoms with van der Waals surface area (Å²) >= 11 is 6.17. The van der Waals surface area contributed by atoms with Crippen LogP contribution in [0.5, 0.6) is 0 Å². The molecular weight excluding hydrogens is 921 g/mol. The second-order valence-corrected chi connectivity index (χ2v) is 11.4. The van der Waals surface area contributed by atoms with Crippen LogP contribution in [0.2, 0.25) is 0 Å². The summed E-state index contributed by atoms with van der Waals surface area (Å²) in [6.07, 6.45) is 6.78. The van der Waals surface area contributed by atoms with E-state index in [4.69, 9.17) is 10.2 Å². The third-order valence-electron chi connectivity index (χ3n) is 5.85. The summed E-state index contributed by atoms with van der Waals surface area (Å²) in [5, 5.41) is 49.3. The molecule has 53 heavy (non-hydrogen) atoms. The van der Waals surface area contributed by atoms with Crippen LogP contribution in [0.1, 0.15) is 46.7 Å². The van der Waals surface area contributed by atoms with Crippen molar-refractivity contribution in [2.45, 2.75) is 40.9 Å². The fourth-order valence-electron chi connectivity index (χ4n) is 3.64. The number of esters is 1. The van der Waals surface area contributed by atoms with E-state index in [1.54, 1.807) is 41.7 Å². The fraction of sp³-hybridized carbons (Fsp3) is 0.212. The van der Waals surface area contributed by atoms with E-state index < -0.39 is 20.7 Å². The predicted octanol–water partition coefficient (Wildman–Crippen LogP) is 7.77. The average Bonchev–Trinajstić information content (AvgIpc) is 3.79. The van der Waals surface area contributed by atoms with Crippen LogP contribution in [0.3, 0.4) is 0 Å². The van der Waals surface area contributed by atoms with E-state index in [2.05, 4.69) is 51.5 Å². The van der Waals surface area contributed by atoms with Crippen LogP contribution in [0.25, 0.3) is 5.69 Å². The summed E-state index contributed by atoms with van der Waals surface area (Å²) in [6, 6.07) is 12.8. The number of hydrogen-bond donors (Lipinski definition) is 3. The van der Waals surface area contributed by atoms with Crippen LogP contribution < -0.4 is 0 Å². The number of benzene rings is 3. The Hall–Kier alpha value is -4.71. The van der Waals surface area contributed by atoms with E-state index in [0.29, 0.717) is 25.8 Å². The normalized spacial score (nSPS) is 9.23. The molecule has 2 aromatic heterocycles. The van der Waals surface area contributed by atoms with Crippen LogP contribution in [0, 0.1) is 51.6 Å². The number of non-ortho nitro benzene ring substituents is 3. The summed E-state index contributed by atoms with van der Waals surface area (Å²) in [6.45, 7) is 7.37. The fourth-order valence-corrected chi connectivity index (χ4v) is 4.65. The van der Waals surface area contributed by atoms with Crippen molar-refractivity contribution in [2.24, 2.45) is 0 Å². The number of aliphatic hydroxyl groups is 2. The molecule has 5 rings (SSSR count). The Morgan fingerprint density at radius 2 is 1.32 bits per heavy atom. The summed E-state index contributed by atoms with van der Waals surface area (Å²) < 4.78 is 7.19. The number of carbonyl (C=O) groups excluding carboxylic acids is 1. The quantitative estimate of drug-likeness (QED) is 0.0466. The smallest absolute Gasteiger partial charge is 0.338 e. The summed E-state index contributed by atoms with van der Waals surface area (Å²) in [4.78, 5) is 51.8. The molecule has 0 amide bonds. The van der Waals surface area contributed by atoms with Crippen molar-refractivity contribution < 1.29 is 54.9 Å². The van der Waals surface area contributed by atoms with Crippen molar-refractivity contribution in [1.29, 1.82) is 0 Å². The van der Waals surface area contributed by atoms with Gasteiger partial charge in [-0.3, -0.25) is 30.3 Å². The maximum atomic E-state index is 11.1. The molecule has 0 spiro atoms. The summed E-state index contributed by atoms with van der Waals surface area (Å²) in [5.74, 6) is -0.602. The molecule has 0 aliphatic heterocycles. The molecule has 20 heteroatoms. The Morgan fingerprint density at radius 3 is 1.72 bits per heavy atom. The summed E-state index contributed by atoms with van der Waals surface area (Å²) in [7, 11) is 1.22. The van der Waals surface area contributed by atoms with Gasteiger partial charge in [-0.25, -0.2) is 14.8 Å². The molecule has 0 aliphatic rings. The third kappa shape index (κ3) is 18.1. The third-order valence-corrected chi connectivity index (χ3v) is 6.77. The number of aromatic amines is 1. The number of ether oxygens (including phenoxy) is 1. The zero-order valence-electron chi connectivity index (χ0n) is 29.3. The van der Waals surface area contributed by atoms with Gasteiger partial charge in [0, 0.05) is 83.9 Å². The number of rotatable bonds is 7. The molecule has 0 atom stereocenters. The second-order valence-electron chi connectivity index (χ2n) is 9.61. The van der Waals surface area contributed by atoms with Crippen molar-refractivity contribution in [3.05, 3.63) is 154 Å². The number of hydrogen-bond acceptors (Lipinski definition) is 12. The molecule has 3 aromatic carbocycles. The van der Waals surface area contributed by atoms with Gasteiger partial charge in [0.05, 0.1) is 64.7 Å². The molecule has 0 radical (unpaired) electrons. The zero-order valence-corrected chi connectivity index (χ0v) is 34.1. The van der Waals surface area contributed by atoms with Gasteiger partial charge in [0.25, 0.3) is 17.1 Å². The van der Waals surface area contributed by atoms with Gasteiger partial charge in [0.1, 0.15) is 0 Å². The Morgan fingerprint density at radius 1 is 0.830 bits per heavy atom. The Labute approximate surface area is 335 Å². The van der Waals surface area contributed by atoms with E-state index in [1.807, 2.05) is 27.7 Å². The zero-order chi connectivity index (χ0) is 38.7. The molecule has 0 saturated carbocycles. The van der Waals surface area contributed by atoms with Gasteiger partial charge in [-0.05, 0) is 43.2 Å². The SMILES string of the molecule is CC.COC(=O)c1cc(Br)cc([N+](=O)[O-])c1.Cc1cn(-c2cc(CO)cc([N+](=O)[O-])c2)cn1.Cc1cnc[nH]1.O=[N+]([O-])c1cc(Br)cc(CO)c1.[CH3-].[Pd]. The number of nitro benzene ring substituents is 3. The number of nitro groups is 3. The van der Waals surface area contributed by atoms with Gasteiger partial charge < -0.3 is 31.9 Å². The second kappa shape index (κ2) is 26.1. The number of halogens is 2. The first-order chi connectivity index (χ1) is 24.2. The number of nitrogens with zero attached hydrogens (tertiary/aromatic N) is 6. The van der Waals surface area contributed by atoms with Gasteiger partial charge in [0.15, 0.2) is 0 Å². The topological polar surface area (TPSA) is 243 Å². The number of carbonyl (C=O) groups is 1. The number of aryl methyl sites for hydroxylation is 2.